The van der Waals surface area contributed by atoms with Crippen LogP contribution in [0.4, 0.5) is 0 Å². The number of rotatable bonds is 0. The minimum atomic E-state index is 0.335. The molecule has 1 N–H and O–H groups in total. The molecule has 2 aromatic rings. The van der Waals surface area contributed by atoms with Gasteiger partial charge in [0.1, 0.15) is 0 Å². The molecule has 1 aromatic heterocycles. The predicted octanol–water partition coefficient (Wildman–Crippen LogP) is 1.90. The maximum Gasteiger partial charge on any atom is 0.231 e. The van der Waals surface area contributed by atoms with Gasteiger partial charge in [0.2, 0.25) is 6.79 Å². The van der Waals surface area contributed by atoms with Crippen molar-refractivity contribution < 1.29 is 9.47 Å². The molecule has 3 nitrogen and oxygen atoms in total. The second kappa shape index (κ2) is 1.94. The van der Waals surface area contributed by atoms with Crippen LogP contribution in [0.3, 0.4) is 0 Å². The van der Waals surface area contributed by atoms with Crippen molar-refractivity contribution in [2.24, 2.45) is 0 Å². The predicted molar refractivity (Wildman–Crippen MR) is 44.4 cm³/mol. The van der Waals surface area contributed by atoms with Gasteiger partial charge in [-0.25, -0.2) is 0 Å². The third-order valence-corrected chi connectivity index (χ3v) is 2.05. The van der Waals surface area contributed by atoms with Crippen LogP contribution < -0.4 is 9.47 Å². The van der Waals surface area contributed by atoms with E-state index < -0.39 is 0 Å². The summed E-state index contributed by atoms with van der Waals surface area (Å²) in [5.74, 6) is 1.66. The van der Waals surface area contributed by atoms with Gasteiger partial charge in [-0.05, 0) is 12.1 Å². The van der Waals surface area contributed by atoms with E-state index in [1.807, 2.05) is 24.4 Å². The van der Waals surface area contributed by atoms with Crippen molar-refractivity contribution in [1.82, 2.24) is 4.98 Å². The van der Waals surface area contributed by atoms with Gasteiger partial charge in [0.05, 0.1) is 0 Å². The van der Waals surface area contributed by atoms with Gasteiger partial charge >= 0.3 is 0 Å². The van der Waals surface area contributed by atoms with Gasteiger partial charge < -0.3 is 14.5 Å². The molecule has 0 aliphatic carbocycles. The van der Waals surface area contributed by atoms with Crippen LogP contribution in [0.5, 0.6) is 11.5 Å². The third kappa shape index (κ3) is 0.652. The Kier molecular flexibility index (Phi) is 0.961. The Morgan fingerprint density at radius 3 is 2.92 bits per heavy atom. The van der Waals surface area contributed by atoms with Gasteiger partial charge in [-0.15, -0.1) is 0 Å². The summed E-state index contributed by atoms with van der Waals surface area (Å²) >= 11 is 0. The minimum Gasteiger partial charge on any atom is -0.454 e. The number of aromatic amines is 1. The Labute approximate surface area is 68.9 Å². The van der Waals surface area contributed by atoms with Gasteiger partial charge in [0.25, 0.3) is 0 Å². The average molecular weight is 161 g/mol. The minimum absolute atomic E-state index is 0.335. The summed E-state index contributed by atoms with van der Waals surface area (Å²) in [6.07, 6.45) is 1.90. The van der Waals surface area contributed by atoms with Crippen LogP contribution in [0.15, 0.2) is 24.4 Å². The highest BCUT2D eigenvalue weighted by Crippen LogP contribution is 2.35. The molecule has 1 aromatic carbocycles. The van der Waals surface area contributed by atoms with Crippen molar-refractivity contribution in [3.63, 3.8) is 0 Å². The first-order valence-corrected chi connectivity index (χ1v) is 3.80. The van der Waals surface area contributed by atoms with Crippen LogP contribution in [0.2, 0.25) is 0 Å². The number of fused-ring (bicyclic) bond motifs is 2. The number of H-pyrrole nitrogens is 1. The Bertz CT molecular complexity index is 395. The van der Waals surface area contributed by atoms with Crippen LogP contribution in [0.25, 0.3) is 10.9 Å². The van der Waals surface area contributed by atoms with E-state index >= 15 is 0 Å². The largest absolute Gasteiger partial charge is 0.454 e. The zero-order valence-corrected chi connectivity index (χ0v) is 6.33. The number of ether oxygens (including phenoxy) is 2. The van der Waals surface area contributed by atoms with Crippen molar-refractivity contribution >= 4 is 10.9 Å². The number of aromatic nitrogens is 1. The van der Waals surface area contributed by atoms with E-state index in [1.54, 1.807) is 0 Å². The highest BCUT2D eigenvalue weighted by molar-refractivity contribution is 5.83. The SMILES string of the molecule is c1cc2cc3c(cc2[nH]1)OCO3. The molecule has 12 heavy (non-hydrogen) atoms. The Morgan fingerprint density at radius 1 is 1.17 bits per heavy atom. The first-order valence-electron chi connectivity index (χ1n) is 3.80. The van der Waals surface area contributed by atoms with E-state index in [2.05, 4.69) is 4.98 Å². The molecule has 0 atom stereocenters. The molecule has 0 saturated heterocycles. The third-order valence-electron chi connectivity index (χ3n) is 2.05. The number of nitrogens with one attached hydrogen (secondary N) is 1. The maximum atomic E-state index is 5.24. The standard InChI is InChI=1S/C9H7NO2/c1-2-10-7-4-9-8(3-6(1)7)11-5-12-9/h1-4,10H,5H2. The van der Waals surface area contributed by atoms with Gasteiger partial charge in [-0.2, -0.15) is 0 Å². The van der Waals surface area contributed by atoms with Gasteiger partial charge in [-0.3, -0.25) is 0 Å². The lowest BCUT2D eigenvalue weighted by Gasteiger charge is -1.94. The van der Waals surface area contributed by atoms with Crippen molar-refractivity contribution in [2.45, 2.75) is 0 Å². The van der Waals surface area contributed by atoms with Gasteiger partial charge in [0, 0.05) is 23.2 Å². The normalized spacial score (nSPS) is 14.0. The number of hydrogen-bond donors (Lipinski definition) is 1. The second-order valence-corrected chi connectivity index (χ2v) is 2.77. The molecule has 0 radical (unpaired) electrons. The summed E-state index contributed by atoms with van der Waals surface area (Å²) in [5, 5.41) is 1.15. The molecule has 3 heteroatoms. The highest BCUT2D eigenvalue weighted by Gasteiger charge is 2.13. The van der Waals surface area contributed by atoms with Crippen molar-refractivity contribution in [3.05, 3.63) is 24.4 Å². The summed E-state index contributed by atoms with van der Waals surface area (Å²) in [6, 6.07) is 5.95. The number of hydrogen-bond acceptors (Lipinski definition) is 2. The fourth-order valence-corrected chi connectivity index (χ4v) is 1.44. The zero-order chi connectivity index (χ0) is 7.97. The van der Waals surface area contributed by atoms with E-state index in [4.69, 9.17) is 9.47 Å². The number of benzene rings is 1. The smallest absolute Gasteiger partial charge is 0.231 e. The summed E-state index contributed by atoms with van der Waals surface area (Å²) in [5.41, 5.74) is 1.08. The van der Waals surface area contributed by atoms with Crippen molar-refractivity contribution in [2.75, 3.05) is 6.79 Å². The summed E-state index contributed by atoms with van der Waals surface area (Å²) in [7, 11) is 0. The summed E-state index contributed by atoms with van der Waals surface area (Å²) < 4.78 is 10.5. The molecule has 0 bridgehead atoms. The van der Waals surface area contributed by atoms with Crippen molar-refractivity contribution in [3.8, 4) is 11.5 Å². The van der Waals surface area contributed by atoms with Gasteiger partial charge in [0.15, 0.2) is 11.5 Å². The van der Waals surface area contributed by atoms with Crippen LogP contribution >= 0.6 is 0 Å². The Hall–Kier alpha value is -1.64. The summed E-state index contributed by atoms with van der Waals surface area (Å²) in [4.78, 5) is 3.11. The maximum absolute atomic E-state index is 5.24. The average Bonchev–Trinajstić information content (AvgIpc) is 2.64. The topological polar surface area (TPSA) is 34.2 Å². The Balaban J connectivity index is 2.38. The fourth-order valence-electron chi connectivity index (χ4n) is 1.44. The van der Waals surface area contributed by atoms with E-state index in [1.165, 1.54) is 0 Å². The van der Waals surface area contributed by atoms with Crippen LogP contribution in [-0.2, 0) is 0 Å². The van der Waals surface area contributed by atoms with E-state index in [9.17, 15) is 0 Å². The molecule has 2 heterocycles. The van der Waals surface area contributed by atoms with Gasteiger partial charge in [-0.1, -0.05) is 0 Å². The molecule has 1 aliphatic heterocycles. The van der Waals surface area contributed by atoms with Crippen molar-refractivity contribution in [1.29, 1.82) is 0 Å². The fraction of sp³-hybridized carbons (Fsp3) is 0.111. The molecule has 60 valence electrons. The lowest BCUT2D eigenvalue weighted by molar-refractivity contribution is 0.174. The zero-order valence-electron chi connectivity index (χ0n) is 6.33. The first kappa shape index (κ1) is 5.94. The molecule has 0 amide bonds. The highest BCUT2D eigenvalue weighted by atomic mass is 16.7. The molecule has 1 aliphatic rings. The molecule has 0 fully saturated rings. The molecule has 0 unspecified atom stereocenters. The molecular weight excluding hydrogens is 154 g/mol. The molecular formula is C9H7NO2. The van der Waals surface area contributed by atoms with Crippen LogP contribution in [0, 0.1) is 0 Å². The quantitative estimate of drug-likeness (QED) is 0.640. The van der Waals surface area contributed by atoms with Crippen LogP contribution in [-0.4, -0.2) is 11.8 Å². The van der Waals surface area contributed by atoms with E-state index in [0.29, 0.717) is 6.79 Å². The second-order valence-electron chi connectivity index (χ2n) is 2.77. The summed E-state index contributed by atoms with van der Waals surface area (Å²) in [6.45, 7) is 0.335. The lowest BCUT2D eigenvalue weighted by Crippen LogP contribution is -1.92. The Morgan fingerprint density at radius 2 is 2.00 bits per heavy atom. The molecule has 0 saturated carbocycles. The monoisotopic (exact) mass is 161 g/mol. The first-order chi connectivity index (χ1) is 5.93. The molecule has 3 rings (SSSR count). The molecule has 0 spiro atoms. The van der Waals surface area contributed by atoms with E-state index in [-0.39, 0.29) is 0 Å². The van der Waals surface area contributed by atoms with Crippen LogP contribution in [0.1, 0.15) is 0 Å². The van der Waals surface area contributed by atoms with E-state index in [0.717, 1.165) is 22.4 Å². The lowest BCUT2D eigenvalue weighted by atomic mass is 10.2.